The molecule has 0 saturated carbocycles. The molecule has 1 rings (SSSR count). The summed E-state index contributed by atoms with van der Waals surface area (Å²) in [6.45, 7) is 13.4. The van der Waals surface area contributed by atoms with Crippen LogP contribution in [0.1, 0.15) is 40.0 Å². The first-order valence-corrected chi connectivity index (χ1v) is 7.27. The molecule has 1 fully saturated rings. The summed E-state index contributed by atoms with van der Waals surface area (Å²) >= 11 is 0. The van der Waals surface area contributed by atoms with Crippen LogP contribution in [0.3, 0.4) is 0 Å². The molecule has 1 unspecified atom stereocenters. The van der Waals surface area contributed by atoms with Crippen molar-refractivity contribution in [2.24, 2.45) is 5.92 Å². The van der Waals surface area contributed by atoms with Crippen LogP contribution in [0.5, 0.6) is 0 Å². The summed E-state index contributed by atoms with van der Waals surface area (Å²) in [4.78, 5) is 2.54. The Balaban J connectivity index is 2.07. The summed E-state index contributed by atoms with van der Waals surface area (Å²) in [6.07, 6.45) is 4.15. The number of hydrogen-bond donors (Lipinski definition) is 1. The predicted octanol–water partition coefficient (Wildman–Crippen LogP) is 2.12. The van der Waals surface area contributed by atoms with Crippen molar-refractivity contribution < 1.29 is 4.74 Å². The van der Waals surface area contributed by atoms with Gasteiger partial charge in [0.05, 0.1) is 6.10 Å². The maximum Gasteiger partial charge on any atom is 0.0702 e. The van der Waals surface area contributed by atoms with Crippen molar-refractivity contribution in [3.63, 3.8) is 0 Å². The number of likely N-dealkylation sites (tertiary alicyclic amines) is 1. The second-order valence-corrected chi connectivity index (χ2v) is 5.53. The number of nitrogens with one attached hydrogen (secondary N) is 1. The van der Waals surface area contributed by atoms with Gasteiger partial charge in [-0.3, -0.25) is 4.90 Å². The summed E-state index contributed by atoms with van der Waals surface area (Å²) in [7, 11) is 0. The molecule has 0 bridgehead atoms. The third-order valence-corrected chi connectivity index (χ3v) is 3.18. The summed E-state index contributed by atoms with van der Waals surface area (Å²) in [5, 5.41) is 3.51. The highest BCUT2D eigenvalue weighted by Gasteiger charge is 2.19. The van der Waals surface area contributed by atoms with E-state index >= 15 is 0 Å². The minimum absolute atomic E-state index is 0.480. The monoisotopic (exact) mass is 242 g/mol. The van der Waals surface area contributed by atoms with Gasteiger partial charge in [-0.25, -0.2) is 0 Å². The van der Waals surface area contributed by atoms with Gasteiger partial charge in [0, 0.05) is 26.2 Å². The van der Waals surface area contributed by atoms with Gasteiger partial charge in [0.2, 0.25) is 0 Å². The van der Waals surface area contributed by atoms with Crippen molar-refractivity contribution in [3.05, 3.63) is 0 Å². The van der Waals surface area contributed by atoms with Crippen LogP contribution in [0.15, 0.2) is 0 Å². The molecule has 3 nitrogen and oxygen atoms in total. The molecule has 0 spiro atoms. The fourth-order valence-electron chi connectivity index (χ4n) is 2.26. The van der Waals surface area contributed by atoms with Gasteiger partial charge in [-0.2, -0.15) is 0 Å². The molecule has 1 aliphatic rings. The molecule has 1 saturated heterocycles. The van der Waals surface area contributed by atoms with E-state index in [0.717, 1.165) is 38.6 Å². The van der Waals surface area contributed by atoms with Gasteiger partial charge in [-0.1, -0.05) is 20.8 Å². The van der Waals surface area contributed by atoms with Gasteiger partial charge in [-0.05, 0) is 38.3 Å². The quantitative estimate of drug-likeness (QED) is 0.660. The van der Waals surface area contributed by atoms with Crippen molar-refractivity contribution >= 4 is 0 Å². The standard InChI is InChI=1S/C14H30N2O/c1-4-10-17-14-6-5-8-16(12-14)9-7-15-11-13(2)3/h13-15H,4-12H2,1-3H3. The SMILES string of the molecule is CCCOC1CCCN(CCNCC(C)C)C1. The van der Waals surface area contributed by atoms with E-state index in [9.17, 15) is 0 Å². The molecule has 0 aromatic rings. The Morgan fingerprint density at radius 2 is 2.24 bits per heavy atom. The summed E-state index contributed by atoms with van der Waals surface area (Å²) in [6, 6.07) is 0. The van der Waals surface area contributed by atoms with E-state index in [1.165, 1.54) is 25.9 Å². The van der Waals surface area contributed by atoms with E-state index < -0.39 is 0 Å². The van der Waals surface area contributed by atoms with Gasteiger partial charge >= 0.3 is 0 Å². The minimum atomic E-state index is 0.480. The second kappa shape index (κ2) is 8.90. The second-order valence-electron chi connectivity index (χ2n) is 5.53. The number of piperidine rings is 1. The van der Waals surface area contributed by atoms with E-state index in [-0.39, 0.29) is 0 Å². The molecule has 0 aliphatic carbocycles. The minimum Gasteiger partial charge on any atom is -0.377 e. The van der Waals surface area contributed by atoms with Crippen molar-refractivity contribution in [3.8, 4) is 0 Å². The Labute approximate surface area is 107 Å². The topological polar surface area (TPSA) is 24.5 Å². The number of rotatable bonds is 8. The molecule has 0 aromatic carbocycles. The first-order valence-electron chi connectivity index (χ1n) is 7.27. The fraction of sp³-hybridized carbons (Fsp3) is 1.00. The van der Waals surface area contributed by atoms with E-state index in [1.54, 1.807) is 0 Å². The molecule has 0 aromatic heterocycles. The molecule has 1 N–H and O–H groups in total. The van der Waals surface area contributed by atoms with Crippen molar-refractivity contribution in [2.75, 3.05) is 39.3 Å². The first-order chi connectivity index (χ1) is 8.22. The number of hydrogen-bond acceptors (Lipinski definition) is 3. The van der Waals surface area contributed by atoms with Crippen molar-refractivity contribution in [1.82, 2.24) is 10.2 Å². The number of ether oxygens (including phenoxy) is 1. The van der Waals surface area contributed by atoms with Gasteiger partial charge in [0.25, 0.3) is 0 Å². The molecule has 0 radical (unpaired) electrons. The molecule has 102 valence electrons. The van der Waals surface area contributed by atoms with Crippen LogP contribution in [0.2, 0.25) is 0 Å². The third-order valence-electron chi connectivity index (χ3n) is 3.18. The zero-order valence-electron chi connectivity index (χ0n) is 11.9. The van der Waals surface area contributed by atoms with Crippen LogP contribution in [-0.2, 0) is 4.74 Å². The van der Waals surface area contributed by atoms with Crippen LogP contribution in [0.4, 0.5) is 0 Å². The van der Waals surface area contributed by atoms with Crippen molar-refractivity contribution in [2.45, 2.75) is 46.1 Å². The van der Waals surface area contributed by atoms with Gasteiger partial charge in [0.15, 0.2) is 0 Å². The van der Waals surface area contributed by atoms with Crippen LogP contribution < -0.4 is 5.32 Å². The average molecular weight is 242 g/mol. The fourth-order valence-corrected chi connectivity index (χ4v) is 2.26. The maximum atomic E-state index is 5.84. The summed E-state index contributed by atoms with van der Waals surface area (Å²) in [5.41, 5.74) is 0. The highest BCUT2D eigenvalue weighted by atomic mass is 16.5. The molecule has 1 heterocycles. The largest absolute Gasteiger partial charge is 0.377 e. The molecule has 1 atom stereocenters. The Kier molecular flexibility index (Phi) is 7.82. The highest BCUT2D eigenvalue weighted by molar-refractivity contribution is 4.73. The third kappa shape index (κ3) is 7.02. The molecule has 0 amide bonds. The van der Waals surface area contributed by atoms with Crippen LogP contribution in [0, 0.1) is 5.92 Å². The lowest BCUT2D eigenvalue weighted by atomic mass is 10.1. The summed E-state index contributed by atoms with van der Waals surface area (Å²) in [5.74, 6) is 0.747. The molecular formula is C14H30N2O. The maximum absolute atomic E-state index is 5.84. The first kappa shape index (κ1) is 14.9. The zero-order valence-corrected chi connectivity index (χ0v) is 11.9. The normalized spacial score (nSPS) is 22.2. The van der Waals surface area contributed by atoms with Crippen LogP contribution in [0.25, 0.3) is 0 Å². The predicted molar refractivity (Wildman–Crippen MR) is 73.4 cm³/mol. The van der Waals surface area contributed by atoms with E-state index in [1.807, 2.05) is 0 Å². The Morgan fingerprint density at radius 3 is 2.94 bits per heavy atom. The lowest BCUT2D eigenvalue weighted by Gasteiger charge is -2.32. The lowest BCUT2D eigenvalue weighted by Crippen LogP contribution is -2.43. The van der Waals surface area contributed by atoms with Crippen molar-refractivity contribution in [1.29, 1.82) is 0 Å². The highest BCUT2D eigenvalue weighted by Crippen LogP contribution is 2.12. The average Bonchev–Trinajstić information content (AvgIpc) is 2.32. The number of nitrogens with zero attached hydrogens (tertiary/aromatic N) is 1. The lowest BCUT2D eigenvalue weighted by molar-refractivity contribution is 0.000346. The van der Waals surface area contributed by atoms with E-state index in [2.05, 4.69) is 31.0 Å². The van der Waals surface area contributed by atoms with Gasteiger partial charge in [-0.15, -0.1) is 0 Å². The molecule has 1 aliphatic heterocycles. The Morgan fingerprint density at radius 1 is 1.41 bits per heavy atom. The van der Waals surface area contributed by atoms with E-state index in [0.29, 0.717) is 6.10 Å². The molecular weight excluding hydrogens is 212 g/mol. The summed E-state index contributed by atoms with van der Waals surface area (Å²) < 4.78 is 5.84. The smallest absolute Gasteiger partial charge is 0.0702 e. The van der Waals surface area contributed by atoms with Crippen LogP contribution in [-0.4, -0.2) is 50.3 Å². The molecule has 3 heteroatoms. The molecule has 17 heavy (non-hydrogen) atoms. The van der Waals surface area contributed by atoms with E-state index in [4.69, 9.17) is 4.74 Å². The van der Waals surface area contributed by atoms with Crippen LogP contribution >= 0.6 is 0 Å². The van der Waals surface area contributed by atoms with Gasteiger partial charge < -0.3 is 10.1 Å². The van der Waals surface area contributed by atoms with Gasteiger partial charge in [0.1, 0.15) is 0 Å². The zero-order chi connectivity index (χ0) is 12.5. The Hall–Kier alpha value is -0.120. The Bertz CT molecular complexity index is 185.